The molecular weight excluding hydrogens is 430 g/mol. The second kappa shape index (κ2) is 7.07. The van der Waals surface area contributed by atoms with Crippen molar-refractivity contribution in [2.75, 3.05) is 11.5 Å². The predicted molar refractivity (Wildman–Crippen MR) is 101 cm³/mol. The van der Waals surface area contributed by atoms with Crippen LogP contribution in [-0.2, 0) is 20.5 Å². The van der Waals surface area contributed by atoms with Gasteiger partial charge in [-0.2, -0.15) is 13.2 Å². The summed E-state index contributed by atoms with van der Waals surface area (Å²) in [5, 5.41) is 0.573. The van der Waals surface area contributed by atoms with E-state index in [-0.39, 0.29) is 40.0 Å². The first-order chi connectivity index (χ1) is 13.7. The Balaban J connectivity index is 1.86. The number of alkyl halides is 3. The molecule has 2 heterocycles. The van der Waals surface area contributed by atoms with Gasteiger partial charge in [-0.05, 0) is 35.9 Å². The molecule has 2 aliphatic heterocycles. The third-order valence-electron chi connectivity index (χ3n) is 4.90. The number of hydrogen-bond donors (Lipinski definition) is 0. The van der Waals surface area contributed by atoms with Gasteiger partial charge in [0.2, 0.25) is 5.91 Å². The normalized spacial score (nSPS) is 19.5. The Hall–Kier alpha value is -2.51. The standard InChI is InChI=1S/C20H12Cl2F3NO3/c21-13-5-2-6-14(22)17(13)12-8-16(27)26(15-9-29-19(28)18(12)15)11-4-1-3-10(7-11)20(23,24)25/h1-7,12H,8-9H2. The fourth-order valence-electron chi connectivity index (χ4n) is 3.67. The largest absolute Gasteiger partial charge is 0.456 e. The second-order valence-electron chi connectivity index (χ2n) is 6.61. The van der Waals surface area contributed by atoms with Crippen LogP contribution in [0.15, 0.2) is 53.7 Å². The lowest BCUT2D eigenvalue weighted by molar-refractivity contribution is -0.138. The first-order valence-corrected chi connectivity index (χ1v) is 9.28. The summed E-state index contributed by atoms with van der Waals surface area (Å²) in [4.78, 5) is 26.5. The molecule has 2 aromatic rings. The van der Waals surface area contributed by atoms with Crippen molar-refractivity contribution in [3.63, 3.8) is 0 Å². The van der Waals surface area contributed by atoms with Crippen LogP contribution in [-0.4, -0.2) is 18.5 Å². The number of carbonyl (C=O) groups is 2. The van der Waals surface area contributed by atoms with Crippen LogP contribution in [0.1, 0.15) is 23.5 Å². The lowest BCUT2D eigenvalue weighted by Crippen LogP contribution is -2.37. The Kier molecular flexibility index (Phi) is 4.83. The number of halogens is 5. The van der Waals surface area contributed by atoms with E-state index < -0.39 is 29.5 Å². The average molecular weight is 442 g/mol. The number of anilines is 1. The van der Waals surface area contributed by atoms with Gasteiger partial charge in [-0.15, -0.1) is 0 Å². The van der Waals surface area contributed by atoms with Crippen molar-refractivity contribution in [1.29, 1.82) is 0 Å². The molecule has 1 atom stereocenters. The van der Waals surface area contributed by atoms with E-state index in [1.54, 1.807) is 18.2 Å². The zero-order valence-corrected chi connectivity index (χ0v) is 16.1. The fourth-order valence-corrected chi connectivity index (χ4v) is 4.33. The summed E-state index contributed by atoms with van der Waals surface area (Å²) in [6.45, 7) is -0.227. The van der Waals surface area contributed by atoms with Crippen LogP contribution in [0, 0.1) is 0 Å². The number of amides is 1. The van der Waals surface area contributed by atoms with E-state index in [1.165, 1.54) is 12.1 Å². The second-order valence-corrected chi connectivity index (χ2v) is 7.42. The van der Waals surface area contributed by atoms with Gasteiger partial charge in [0.05, 0.1) is 16.8 Å². The number of cyclic esters (lactones) is 1. The monoisotopic (exact) mass is 441 g/mol. The summed E-state index contributed by atoms with van der Waals surface area (Å²) in [5.74, 6) is -1.87. The molecule has 0 saturated heterocycles. The number of ether oxygens (including phenoxy) is 1. The van der Waals surface area contributed by atoms with Gasteiger partial charge in [0.25, 0.3) is 0 Å². The molecule has 0 N–H and O–H groups in total. The molecule has 2 aliphatic rings. The first-order valence-electron chi connectivity index (χ1n) is 8.52. The van der Waals surface area contributed by atoms with Crippen LogP contribution in [0.2, 0.25) is 10.0 Å². The van der Waals surface area contributed by atoms with Crippen LogP contribution in [0.25, 0.3) is 0 Å². The molecule has 0 bridgehead atoms. The minimum atomic E-state index is -4.57. The number of carbonyl (C=O) groups excluding carboxylic acids is 2. The van der Waals surface area contributed by atoms with Gasteiger partial charge in [0, 0.05) is 28.1 Å². The topological polar surface area (TPSA) is 46.6 Å². The van der Waals surface area contributed by atoms with Gasteiger partial charge < -0.3 is 4.74 Å². The van der Waals surface area contributed by atoms with Crippen molar-refractivity contribution >= 4 is 40.8 Å². The van der Waals surface area contributed by atoms with E-state index in [2.05, 4.69) is 0 Å². The number of esters is 1. The fraction of sp³-hybridized carbons (Fsp3) is 0.200. The molecule has 1 amide bonds. The molecule has 29 heavy (non-hydrogen) atoms. The van der Waals surface area contributed by atoms with Crippen molar-refractivity contribution in [3.05, 3.63) is 74.9 Å². The quantitative estimate of drug-likeness (QED) is 0.590. The Morgan fingerprint density at radius 3 is 2.34 bits per heavy atom. The zero-order valence-electron chi connectivity index (χ0n) is 14.6. The molecule has 9 heteroatoms. The van der Waals surface area contributed by atoms with Gasteiger partial charge in [-0.25, -0.2) is 4.79 Å². The predicted octanol–water partition coefficient (Wildman–Crippen LogP) is 5.34. The molecule has 0 aliphatic carbocycles. The summed E-state index contributed by atoms with van der Waals surface area (Å²) in [7, 11) is 0. The maximum absolute atomic E-state index is 13.1. The molecule has 0 fully saturated rings. The van der Waals surface area contributed by atoms with Crippen molar-refractivity contribution in [1.82, 2.24) is 0 Å². The highest BCUT2D eigenvalue weighted by molar-refractivity contribution is 6.36. The highest BCUT2D eigenvalue weighted by Gasteiger charge is 2.44. The number of rotatable bonds is 2. The molecular formula is C20H12Cl2F3NO3. The molecule has 0 saturated carbocycles. The molecule has 150 valence electrons. The highest BCUT2D eigenvalue weighted by atomic mass is 35.5. The molecule has 1 unspecified atom stereocenters. The summed E-state index contributed by atoms with van der Waals surface area (Å²) in [6, 6.07) is 9.18. The molecule has 0 aromatic heterocycles. The Labute approximate surface area is 173 Å². The minimum absolute atomic E-state index is 0.0133. The van der Waals surface area contributed by atoms with E-state index in [9.17, 15) is 22.8 Å². The van der Waals surface area contributed by atoms with Crippen LogP contribution < -0.4 is 4.90 Å². The van der Waals surface area contributed by atoms with Gasteiger partial charge in [-0.3, -0.25) is 9.69 Å². The van der Waals surface area contributed by atoms with E-state index >= 15 is 0 Å². The van der Waals surface area contributed by atoms with E-state index in [0.29, 0.717) is 5.56 Å². The average Bonchev–Trinajstić information content (AvgIpc) is 3.02. The smallest absolute Gasteiger partial charge is 0.416 e. The SMILES string of the molecule is O=C1OCC2=C1C(c1c(Cl)cccc1Cl)CC(=O)N2c1cccc(C(F)(F)F)c1. The van der Waals surface area contributed by atoms with Crippen LogP contribution >= 0.6 is 23.2 Å². The Bertz CT molecular complexity index is 1040. The highest BCUT2D eigenvalue weighted by Crippen LogP contribution is 2.46. The van der Waals surface area contributed by atoms with Gasteiger partial charge in [0.1, 0.15) is 6.61 Å². The molecule has 4 nitrogen and oxygen atoms in total. The van der Waals surface area contributed by atoms with Crippen LogP contribution in [0.4, 0.5) is 18.9 Å². The molecule has 4 rings (SSSR count). The molecule has 2 aromatic carbocycles. The van der Waals surface area contributed by atoms with Crippen LogP contribution in [0.3, 0.4) is 0 Å². The maximum Gasteiger partial charge on any atom is 0.416 e. The molecule has 0 spiro atoms. The first kappa shape index (κ1) is 19.8. The molecule has 0 radical (unpaired) electrons. The lowest BCUT2D eigenvalue weighted by Gasteiger charge is -2.32. The van der Waals surface area contributed by atoms with E-state index in [0.717, 1.165) is 17.0 Å². The summed E-state index contributed by atoms with van der Waals surface area (Å²) in [6.07, 6.45) is -4.75. The van der Waals surface area contributed by atoms with Crippen LogP contribution in [0.5, 0.6) is 0 Å². The lowest BCUT2D eigenvalue weighted by atomic mass is 9.84. The third kappa shape index (κ3) is 3.38. The van der Waals surface area contributed by atoms with Crippen molar-refractivity contribution in [3.8, 4) is 0 Å². The van der Waals surface area contributed by atoms with Gasteiger partial charge >= 0.3 is 12.1 Å². The summed E-state index contributed by atoms with van der Waals surface area (Å²) >= 11 is 12.5. The number of nitrogens with zero attached hydrogens (tertiary/aromatic N) is 1. The third-order valence-corrected chi connectivity index (χ3v) is 5.56. The van der Waals surface area contributed by atoms with Gasteiger partial charge in [-0.1, -0.05) is 35.3 Å². The summed E-state index contributed by atoms with van der Waals surface area (Å²) < 4.78 is 44.4. The van der Waals surface area contributed by atoms with Crippen molar-refractivity contribution < 1.29 is 27.5 Å². The zero-order chi connectivity index (χ0) is 20.9. The Morgan fingerprint density at radius 2 is 1.69 bits per heavy atom. The minimum Gasteiger partial charge on any atom is -0.456 e. The number of benzene rings is 2. The van der Waals surface area contributed by atoms with Crippen molar-refractivity contribution in [2.24, 2.45) is 0 Å². The van der Waals surface area contributed by atoms with Crippen molar-refractivity contribution in [2.45, 2.75) is 18.5 Å². The van der Waals surface area contributed by atoms with E-state index in [4.69, 9.17) is 27.9 Å². The maximum atomic E-state index is 13.1. The number of hydrogen-bond acceptors (Lipinski definition) is 3. The van der Waals surface area contributed by atoms with Gasteiger partial charge in [0.15, 0.2) is 0 Å². The Morgan fingerprint density at radius 1 is 1.03 bits per heavy atom. The van der Waals surface area contributed by atoms with E-state index in [1.807, 2.05) is 0 Å². The summed E-state index contributed by atoms with van der Waals surface area (Å²) in [5.41, 5.74) is -0.0893.